The van der Waals surface area contributed by atoms with Crippen LogP contribution in [-0.2, 0) is 12.8 Å². The van der Waals surface area contributed by atoms with Gasteiger partial charge in [-0.2, -0.15) is 4.98 Å². The molecule has 2 heterocycles. The summed E-state index contributed by atoms with van der Waals surface area (Å²) in [6.45, 7) is 1.90. The molecule has 0 saturated heterocycles. The van der Waals surface area contributed by atoms with Crippen molar-refractivity contribution in [2.45, 2.75) is 32.6 Å². The Morgan fingerprint density at radius 1 is 1.22 bits per heavy atom. The second-order valence-electron chi connectivity index (χ2n) is 5.84. The average Bonchev–Trinajstić information content (AvgIpc) is 3.01. The van der Waals surface area contributed by atoms with E-state index in [0.717, 1.165) is 30.6 Å². The number of nitrogens with one attached hydrogen (secondary N) is 1. The van der Waals surface area contributed by atoms with E-state index in [1.165, 1.54) is 17.5 Å². The van der Waals surface area contributed by atoms with Gasteiger partial charge >= 0.3 is 0 Å². The van der Waals surface area contributed by atoms with Crippen LogP contribution in [0.4, 0.5) is 5.69 Å². The number of nitrogens with zero attached hydrogens (tertiary/aromatic N) is 4. The molecule has 0 bridgehead atoms. The summed E-state index contributed by atoms with van der Waals surface area (Å²) in [4.78, 5) is 20.8. The topological polar surface area (TPSA) is 72.2 Å². The molecule has 1 N–H and O–H groups in total. The van der Waals surface area contributed by atoms with E-state index in [-0.39, 0.29) is 11.7 Å². The molecule has 1 aliphatic carbocycles. The van der Waals surface area contributed by atoms with Crippen LogP contribution in [-0.4, -0.2) is 25.5 Å². The highest BCUT2D eigenvalue weighted by atomic mass is 16.2. The summed E-state index contributed by atoms with van der Waals surface area (Å²) in [6.07, 6.45) is 6.12. The van der Waals surface area contributed by atoms with Crippen LogP contribution in [0.2, 0.25) is 0 Å². The van der Waals surface area contributed by atoms with Crippen molar-refractivity contribution in [1.29, 1.82) is 0 Å². The molecule has 23 heavy (non-hydrogen) atoms. The predicted molar refractivity (Wildman–Crippen MR) is 86.6 cm³/mol. The fraction of sp³-hybridized carbons (Fsp3) is 0.294. The van der Waals surface area contributed by atoms with Crippen LogP contribution in [0.1, 0.15) is 40.3 Å². The van der Waals surface area contributed by atoms with E-state index in [2.05, 4.69) is 26.4 Å². The second-order valence-corrected chi connectivity index (χ2v) is 5.84. The van der Waals surface area contributed by atoms with Crippen LogP contribution >= 0.6 is 0 Å². The Kier molecular flexibility index (Phi) is 3.29. The lowest BCUT2D eigenvalue weighted by atomic mass is 9.90. The summed E-state index contributed by atoms with van der Waals surface area (Å²) in [6, 6.07) is 7.90. The zero-order chi connectivity index (χ0) is 15.8. The Morgan fingerprint density at radius 2 is 2.09 bits per heavy atom. The minimum Gasteiger partial charge on any atom is -0.319 e. The maximum Gasteiger partial charge on any atom is 0.295 e. The fourth-order valence-corrected chi connectivity index (χ4v) is 3.08. The molecule has 0 atom stereocenters. The monoisotopic (exact) mass is 307 g/mol. The number of rotatable bonds is 2. The van der Waals surface area contributed by atoms with Crippen molar-refractivity contribution in [3.05, 3.63) is 53.1 Å². The summed E-state index contributed by atoms with van der Waals surface area (Å²) < 4.78 is 1.58. The van der Waals surface area contributed by atoms with Crippen LogP contribution in [0, 0.1) is 6.92 Å². The first-order chi connectivity index (χ1) is 11.2. The number of hydrogen-bond acceptors (Lipinski definition) is 4. The zero-order valence-corrected chi connectivity index (χ0v) is 12.9. The molecule has 0 spiro atoms. The number of aryl methyl sites for hydroxylation is 2. The van der Waals surface area contributed by atoms with Gasteiger partial charge in [0.15, 0.2) is 0 Å². The average molecular weight is 307 g/mol. The molecule has 6 nitrogen and oxygen atoms in total. The van der Waals surface area contributed by atoms with E-state index < -0.39 is 0 Å². The molecular weight excluding hydrogens is 290 g/mol. The van der Waals surface area contributed by atoms with E-state index in [1.54, 1.807) is 10.7 Å². The van der Waals surface area contributed by atoms with Crippen LogP contribution in [0.5, 0.6) is 0 Å². The smallest absolute Gasteiger partial charge is 0.295 e. The Hall–Kier alpha value is -2.76. The number of anilines is 1. The van der Waals surface area contributed by atoms with Crippen molar-refractivity contribution in [1.82, 2.24) is 19.6 Å². The number of fused-ring (bicyclic) bond motifs is 2. The van der Waals surface area contributed by atoms with Crippen molar-refractivity contribution in [2.75, 3.05) is 5.32 Å². The molecule has 1 amide bonds. The molecule has 1 aromatic carbocycles. The number of benzene rings is 1. The van der Waals surface area contributed by atoms with Gasteiger partial charge in [-0.25, -0.2) is 9.50 Å². The van der Waals surface area contributed by atoms with Gasteiger partial charge in [0, 0.05) is 17.6 Å². The summed E-state index contributed by atoms with van der Waals surface area (Å²) in [5.41, 5.74) is 4.33. The first kappa shape index (κ1) is 13.9. The van der Waals surface area contributed by atoms with Crippen molar-refractivity contribution in [3.8, 4) is 0 Å². The maximum atomic E-state index is 12.5. The normalized spacial score (nSPS) is 13.8. The molecule has 3 aromatic rings. The van der Waals surface area contributed by atoms with Gasteiger partial charge in [0.25, 0.3) is 11.7 Å². The van der Waals surface area contributed by atoms with Gasteiger partial charge in [0.1, 0.15) is 0 Å². The maximum absolute atomic E-state index is 12.5. The Labute approximate surface area is 133 Å². The predicted octanol–water partition coefficient (Wildman–Crippen LogP) is 2.56. The van der Waals surface area contributed by atoms with E-state index >= 15 is 0 Å². The highest BCUT2D eigenvalue weighted by Gasteiger charge is 2.18. The van der Waals surface area contributed by atoms with E-state index in [1.807, 2.05) is 25.1 Å². The van der Waals surface area contributed by atoms with Crippen LogP contribution < -0.4 is 5.32 Å². The van der Waals surface area contributed by atoms with E-state index in [4.69, 9.17) is 0 Å². The minimum absolute atomic E-state index is 0.139. The van der Waals surface area contributed by atoms with Gasteiger partial charge in [-0.3, -0.25) is 4.79 Å². The van der Waals surface area contributed by atoms with Crippen LogP contribution in [0.25, 0.3) is 5.78 Å². The van der Waals surface area contributed by atoms with Gasteiger partial charge in [-0.1, -0.05) is 12.1 Å². The van der Waals surface area contributed by atoms with Gasteiger partial charge in [0.05, 0.1) is 0 Å². The van der Waals surface area contributed by atoms with Crippen molar-refractivity contribution < 1.29 is 4.79 Å². The zero-order valence-electron chi connectivity index (χ0n) is 12.9. The summed E-state index contributed by atoms with van der Waals surface area (Å²) in [5.74, 6) is 0.277. The minimum atomic E-state index is -0.297. The molecular formula is C17H17N5O. The first-order valence-electron chi connectivity index (χ1n) is 7.83. The number of carbonyl (C=O) groups excluding carboxylic acids is 1. The molecule has 4 rings (SSSR count). The Morgan fingerprint density at radius 3 is 2.96 bits per heavy atom. The molecule has 0 aliphatic heterocycles. The number of hydrogen-bond donors (Lipinski definition) is 1. The second kappa shape index (κ2) is 5.46. The summed E-state index contributed by atoms with van der Waals surface area (Å²) in [5, 5.41) is 7.21. The van der Waals surface area contributed by atoms with Crippen molar-refractivity contribution in [3.63, 3.8) is 0 Å². The molecule has 1 aliphatic rings. The molecule has 6 heteroatoms. The molecule has 0 radical (unpaired) electrons. The van der Waals surface area contributed by atoms with E-state index in [0.29, 0.717) is 5.78 Å². The van der Waals surface area contributed by atoms with Crippen molar-refractivity contribution in [2.24, 2.45) is 0 Å². The lowest BCUT2D eigenvalue weighted by Crippen LogP contribution is -2.17. The van der Waals surface area contributed by atoms with Gasteiger partial charge in [-0.05, 0) is 55.9 Å². The highest BCUT2D eigenvalue weighted by Crippen LogP contribution is 2.28. The van der Waals surface area contributed by atoms with Gasteiger partial charge < -0.3 is 5.32 Å². The first-order valence-corrected chi connectivity index (χ1v) is 7.83. The largest absolute Gasteiger partial charge is 0.319 e. The van der Waals surface area contributed by atoms with Crippen molar-refractivity contribution >= 4 is 17.4 Å². The molecule has 0 fully saturated rings. The third-order valence-corrected chi connectivity index (χ3v) is 4.28. The number of carbonyl (C=O) groups is 1. The summed E-state index contributed by atoms with van der Waals surface area (Å²) in [7, 11) is 0. The lowest BCUT2D eigenvalue weighted by molar-refractivity contribution is 0.101. The third kappa shape index (κ3) is 2.46. The molecule has 0 unspecified atom stereocenters. The molecule has 116 valence electrons. The molecule has 0 saturated carbocycles. The standard InChI is InChI=1S/C17H17N5O/c1-11-9-10-18-17-20-15(21-22(11)17)16(23)19-14-8-4-6-12-5-2-3-7-13(12)14/h4,6,8-10H,2-3,5,7H2,1H3,(H,19,23). The lowest BCUT2D eigenvalue weighted by Gasteiger charge is -2.19. The summed E-state index contributed by atoms with van der Waals surface area (Å²) >= 11 is 0. The highest BCUT2D eigenvalue weighted by molar-refractivity contribution is 6.02. The van der Waals surface area contributed by atoms with E-state index in [9.17, 15) is 4.79 Å². The number of amides is 1. The SMILES string of the molecule is Cc1ccnc2nc(C(=O)Nc3cccc4c3CCCC4)nn12. The van der Waals surface area contributed by atoms with Gasteiger partial charge in [0.2, 0.25) is 5.82 Å². The Balaban J connectivity index is 1.66. The number of aromatic nitrogens is 4. The van der Waals surface area contributed by atoms with Crippen LogP contribution in [0.3, 0.4) is 0 Å². The fourth-order valence-electron chi connectivity index (χ4n) is 3.08. The Bertz CT molecular complexity index is 899. The quantitative estimate of drug-likeness (QED) is 0.790. The van der Waals surface area contributed by atoms with Crippen LogP contribution in [0.15, 0.2) is 30.5 Å². The molecule has 2 aromatic heterocycles. The third-order valence-electron chi connectivity index (χ3n) is 4.28. The van der Waals surface area contributed by atoms with Gasteiger partial charge in [-0.15, -0.1) is 5.10 Å².